The Morgan fingerprint density at radius 1 is 1.40 bits per heavy atom. The van der Waals surface area contributed by atoms with Crippen molar-refractivity contribution in [2.45, 2.75) is 45.3 Å². The van der Waals surface area contributed by atoms with Crippen LogP contribution >= 0.6 is 0 Å². The summed E-state index contributed by atoms with van der Waals surface area (Å²) in [7, 11) is 1.83. The monoisotopic (exact) mass is 276 g/mol. The molecule has 1 aliphatic heterocycles. The van der Waals surface area contributed by atoms with Gasteiger partial charge in [0, 0.05) is 25.4 Å². The summed E-state index contributed by atoms with van der Waals surface area (Å²) in [6.45, 7) is 6.83. The van der Waals surface area contributed by atoms with Crippen LogP contribution in [0, 0.1) is 6.92 Å². The molecule has 1 atom stereocenters. The Balaban J connectivity index is 2.10. The topological polar surface area (TPSA) is 50.4 Å². The van der Waals surface area contributed by atoms with Crippen LogP contribution in [0.25, 0.3) is 0 Å². The number of nitrogens with one attached hydrogen (secondary N) is 2. The molecule has 0 aromatic heterocycles. The van der Waals surface area contributed by atoms with Gasteiger partial charge in [-0.2, -0.15) is 0 Å². The molecule has 1 saturated heterocycles. The van der Waals surface area contributed by atoms with Gasteiger partial charge in [-0.3, -0.25) is 4.79 Å². The van der Waals surface area contributed by atoms with Crippen LogP contribution in [-0.2, 0) is 4.74 Å². The lowest BCUT2D eigenvalue weighted by molar-refractivity contribution is -0.0615. The minimum Gasteiger partial charge on any atom is -0.387 e. The van der Waals surface area contributed by atoms with Crippen LogP contribution in [0.2, 0.25) is 0 Å². The van der Waals surface area contributed by atoms with Gasteiger partial charge in [0.05, 0.1) is 11.2 Å². The molecule has 4 heteroatoms. The van der Waals surface area contributed by atoms with Crippen molar-refractivity contribution in [3.63, 3.8) is 0 Å². The SMILES string of the molecule is CNc1ccc(C)cc1C(=O)NC1CCOC(C)(C)C1. The third-order valence-corrected chi connectivity index (χ3v) is 3.72. The Labute approximate surface area is 120 Å². The number of anilines is 1. The number of aryl methyl sites for hydroxylation is 1. The van der Waals surface area contributed by atoms with Crippen molar-refractivity contribution in [1.29, 1.82) is 0 Å². The lowest BCUT2D eigenvalue weighted by Gasteiger charge is -2.35. The third kappa shape index (κ3) is 3.51. The first-order valence-electron chi connectivity index (χ1n) is 7.14. The normalized spacial score (nSPS) is 21.3. The van der Waals surface area contributed by atoms with Crippen LogP contribution in [0.4, 0.5) is 5.69 Å². The molecule has 1 amide bonds. The molecule has 2 rings (SSSR count). The minimum atomic E-state index is -0.158. The standard InChI is InChI=1S/C16H24N2O2/c1-11-5-6-14(17-4)13(9-11)15(19)18-12-7-8-20-16(2,3)10-12/h5-6,9,12,17H,7-8,10H2,1-4H3,(H,18,19). The van der Waals surface area contributed by atoms with Gasteiger partial charge in [-0.05, 0) is 45.7 Å². The van der Waals surface area contributed by atoms with E-state index in [0.717, 1.165) is 24.1 Å². The minimum absolute atomic E-state index is 0.0132. The van der Waals surface area contributed by atoms with E-state index < -0.39 is 0 Å². The molecular weight excluding hydrogens is 252 g/mol. The highest BCUT2D eigenvalue weighted by molar-refractivity contribution is 6.00. The van der Waals surface area contributed by atoms with Gasteiger partial charge in [-0.1, -0.05) is 11.6 Å². The van der Waals surface area contributed by atoms with Crippen molar-refractivity contribution < 1.29 is 9.53 Å². The molecule has 0 bridgehead atoms. The van der Waals surface area contributed by atoms with Crippen LogP contribution < -0.4 is 10.6 Å². The first-order chi connectivity index (χ1) is 9.41. The van der Waals surface area contributed by atoms with Gasteiger partial charge >= 0.3 is 0 Å². The van der Waals surface area contributed by atoms with E-state index in [4.69, 9.17) is 4.74 Å². The molecule has 0 spiro atoms. The van der Waals surface area contributed by atoms with Crippen molar-refractivity contribution in [3.8, 4) is 0 Å². The van der Waals surface area contributed by atoms with Crippen molar-refractivity contribution in [2.24, 2.45) is 0 Å². The Morgan fingerprint density at radius 2 is 2.15 bits per heavy atom. The van der Waals surface area contributed by atoms with Crippen molar-refractivity contribution in [2.75, 3.05) is 19.0 Å². The van der Waals surface area contributed by atoms with Crippen LogP contribution in [0.5, 0.6) is 0 Å². The number of hydrogen-bond donors (Lipinski definition) is 2. The highest BCUT2D eigenvalue weighted by Crippen LogP contribution is 2.25. The molecule has 1 heterocycles. The Hall–Kier alpha value is -1.55. The molecule has 1 aliphatic rings. The van der Waals surface area contributed by atoms with Gasteiger partial charge in [0.1, 0.15) is 0 Å². The molecule has 0 aliphatic carbocycles. The van der Waals surface area contributed by atoms with E-state index >= 15 is 0 Å². The summed E-state index contributed by atoms with van der Waals surface area (Å²) in [5, 5.41) is 6.21. The number of hydrogen-bond acceptors (Lipinski definition) is 3. The summed E-state index contributed by atoms with van der Waals surface area (Å²) in [6, 6.07) is 6.04. The summed E-state index contributed by atoms with van der Waals surface area (Å²) >= 11 is 0. The highest BCUT2D eigenvalue weighted by atomic mass is 16.5. The van der Waals surface area contributed by atoms with Crippen molar-refractivity contribution in [1.82, 2.24) is 5.32 Å². The quantitative estimate of drug-likeness (QED) is 0.892. The maximum Gasteiger partial charge on any atom is 0.253 e. The van der Waals surface area contributed by atoms with Gasteiger partial charge in [-0.25, -0.2) is 0 Å². The predicted octanol–water partition coefficient (Wildman–Crippen LogP) is 2.72. The van der Waals surface area contributed by atoms with Gasteiger partial charge in [0.25, 0.3) is 5.91 Å². The third-order valence-electron chi connectivity index (χ3n) is 3.72. The lowest BCUT2D eigenvalue weighted by Crippen LogP contribution is -2.45. The molecule has 2 N–H and O–H groups in total. The van der Waals surface area contributed by atoms with Crippen molar-refractivity contribution >= 4 is 11.6 Å². The van der Waals surface area contributed by atoms with Gasteiger partial charge in [-0.15, -0.1) is 0 Å². The van der Waals surface area contributed by atoms with E-state index in [-0.39, 0.29) is 17.6 Å². The van der Waals surface area contributed by atoms with E-state index in [2.05, 4.69) is 24.5 Å². The second kappa shape index (κ2) is 5.83. The van der Waals surface area contributed by atoms with Gasteiger partial charge in [0.2, 0.25) is 0 Å². The highest BCUT2D eigenvalue weighted by Gasteiger charge is 2.30. The fraction of sp³-hybridized carbons (Fsp3) is 0.562. The fourth-order valence-corrected chi connectivity index (χ4v) is 2.68. The van der Waals surface area contributed by atoms with E-state index in [9.17, 15) is 4.79 Å². The number of rotatable bonds is 3. The number of amides is 1. The molecule has 1 aromatic carbocycles. The van der Waals surface area contributed by atoms with E-state index in [1.54, 1.807) is 0 Å². The van der Waals surface area contributed by atoms with E-state index in [1.165, 1.54) is 0 Å². The molecule has 1 unspecified atom stereocenters. The second-order valence-electron chi connectivity index (χ2n) is 6.07. The average molecular weight is 276 g/mol. The lowest BCUT2D eigenvalue weighted by atomic mass is 9.93. The molecule has 0 saturated carbocycles. The number of carbonyl (C=O) groups is 1. The van der Waals surface area contributed by atoms with Gasteiger partial charge < -0.3 is 15.4 Å². The fourth-order valence-electron chi connectivity index (χ4n) is 2.68. The van der Waals surface area contributed by atoms with Crippen LogP contribution in [-0.4, -0.2) is 31.2 Å². The zero-order valence-corrected chi connectivity index (χ0v) is 12.7. The number of ether oxygens (including phenoxy) is 1. The van der Waals surface area contributed by atoms with Crippen molar-refractivity contribution in [3.05, 3.63) is 29.3 Å². The average Bonchev–Trinajstić information content (AvgIpc) is 2.37. The summed E-state index contributed by atoms with van der Waals surface area (Å²) < 4.78 is 5.68. The smallest absolute Gasteiger partial charge is 0.253 e. The Morgan fingerprint density at radius 3 is 2.80 bits per heavy atom. The van der Waals surface area contributed by atoms with Crippen LogP contribution in [0.1, 0.15) is 42.6 Å². The molecule has 4 nitrogen and oxygen atoms in total. The van der Waals surface area contributed by atoms with E-state index in [1.807, 2.05) is 32.2 Å². The first kappa shape index (κ1) is 14.9. The predicted molar refractivity (Wildman–Crippen MR) is 81.2 cm³/mol. The zero-order chi connectivity index (χ0) is 14.8. The second-order valence-corrected chi connectivity index (χ2v) is 6.07. The van der Waals surface area contributed by atoms with Gasteiger partial charge in [0.15, 0.2) is 0 Å². The Bertz CT molecular complexity index is 497. The van der Waals surface area contributed by atoms with Crippen LogP contribution in [0.15, 0.2) is 18.2 Å². The summed E-state index contributed by atoms with van der Waals surface area (Å²) in [4.78, 5) is 12.5. The first-order valence-corrected chi connectivity index (χ1v) is 7.14. The summed E-state index contributed by atoms with van der Waals surface area (Å²) in [5.74, 6) is -0.0132. The zero-order valence-electron chi connectivity index (χ0n) is 12.7. The maximum atomic E-state index is 12.5. The van der Waals surface area contributed by atoms with E-state index in [0.29, 0.717) is 12.2 Å². The summed E-state index contributed by atoms with van der Waals surface area (Å²) in [6.07, 6.45) is 1.72. The number of carbonyl (C=O) groups excluding carboxylic acids is 1. The number of benzene rings is 1. The molecule has 1 fully saturated rings. The summed E-state index contributed by atoms with van der Waals surface area (Å²) in [5.41, 5.74) is 2.49. The molecule has 20 heavy (non-hydrogen) atoms. The molecule has 110 valence electrons. The molecule has 1 aromatic rings. The maximum absolute atomic E-state index is 12.5. The van der Waals surface area contributed by atoms with Crippen LogP contribution in [0.3, 0.4) is 0 Å². The largest absolute Gasteiger partial charge is 0.387 e. The Kier molecular flexibility index (Phi) is 4.33. The molecular formula is C16H24N2O2. The molecule has 0 radical (unpaired) electrons.